The Kier molecular flexibility index (Phi) is 9.34. The minimum atomic E-state index is -0.417. The van der Waals surface area contributed by atoms with Gasteiger partial charge in [-0.05, 0) is 121 Å². The average molecular weight is 547 g/mol. The van der Waals surface area contributed by atoms with Crippen molar-refractivity contribution in [1.82, 2.24) is 0 Å². The molecule has 0 aliphatic heterocycles. The van der Waals surface area contributed by atoms with Crippen LogP contribution in [0, 0.1) is 27.7 Å². The van der Waals surface area contributed by atoms with Gasteiger partial charge in [-0.25, -0.2) is 0 Å². The van der Waals surface area contributed by atoms with Crippen molar-refractivity contribution < 1.29 is 19.8 Å². The van der Waals surface area contributed by atoms with Gasteiger partial charge in [0.2, 0.25) is 10.2 Å². The molecule has 3 rings (SSSR count). The van der Waals surface area contributed by atoms with E-state index in [2.05, 4.69) is 38.4 Å². The Bertz CT molecular complexity index is 1360. The lowest BCUT2D eigenvalue weighted by atomic mass is 9.83. The second-order valence-electron chi connectivity index (χ2n) is 9.68. The van der Waals surface area contributed by atoms with Crippen LogP contribution in [0.2, 0.25) is 0 Å². The minimum absolute atomic E-state index is 0.196. The molecular formula is C32H34O4S2. The van der Waals surface area contributed by atoms with E-state index in [9.17, 15) is 19.8 Å². The third-order valence-electron chi connectivity index (χ3n) is 7.29. The first-order valence-corrected chi connectivity index (χ1v) is 13.3. The first-order valence-electron chi connectivity index (χ1n) is 12.4. The molecule has 0 saturated heterocycles. The molecule has 0 heterocycles. The van der Waals surface area contributed by atoms with Crippen LogP contribution in [0.15, 0.2) is 49.6 Å². The van der Waals surface area contributed by atoms with Crippen LogP contribution in [-0.4, -0.2) is 20.4 Å². The molecule has 0 fully saturated rings. The molecule has 0 radical (unpaired) electrons. The van der Waals surface area contributed by atoms with E-state index in [1.807, 2.05) is 39.8 Å². The summed E-state index contributed by atoms with van der Waals surface area (Å²) in [7, 11) is 0. The van der Waals surface area contributed by atoms with E-state index in [1.165, 1.54) is 0 Å². The van der Waals surface area contributed by atoms with Crippen molar-refractivity contribution in [2.24, 2.45) is 0 Å². The van der Waals surface area contributed by atoms with Crippen LogP contribution in [0.5, 0.6) is 11.5 Å². The lowest BCUT2D eigenvalue weighted by molar-refractivity contribution is 0.107. The zero-order valence-electron chi connectivity index (χ0n) is 22.3. The molecule has 0 unspecified atom stereocenters. The van der Waals surface area contributed by atoms with E-state index in [0.717, 1.165) is 33.4 Å². The highest BCUT2D eigenvalue weighted by atomic mass is 32.1. The monoisotopic (exact) mass is 546 g/mol. The zero-order valence-corrected chi connectivity index (χ0v) is 24.1. The van der Waals surface area contributed by atoms with Gasteiger partial charge in [-0.1, -0.05) is 24.3 Å². The Morgan fingerprint density at radius 2 is 1.05 bits per heavy atom. The number of hydrogen-bond acceptors (Lipinski definition) is 4. The zero-order chi connectivity index (χ0) is 28.3. The smallest absolute Gasteiger partial charge is 0.216 e. The lowest BCUT2D eigenvalue weighted by Crippen LogP contribution is -2.12. The molecule has 0 spiro atoms. The van der Waals surface area contributed by atoms with Crippen molar-refractivity contribution >= 4 is 35.5 Å². The Balaban J connectivity index is 2.30. The summed E-state index contributed by atoms with van der Waals surface area (Å²) in [4.78, 5) is 25.3. The fourth-order valence-electron chi connectivity index (χ4n) is 5.21. The van der Waals surface area contributed by atoms with E-state index in [4.69, 9.17) is 0 Å². The van der Waals surface area contributed by atoms with Crippen LogP contribution in [-0.2, 0) is 25.7 Å². The van der Waals surface area contributed by atoms with Gasteiger partial charge in [0.25, 0.3) is 0 Å². The van der Waals surface area contributed by atoms with E-state index in [0.29, 0.717) is 59.1 Å². The van der Waals surface area contributed by atoms with Crippen LogP contribution in [0.3, 0.4) is 0 Å². The van der Waals surface area contributed by atoms with Gasteiger partial charge < -0.3 is 10.2 Å². The second kappa shape index (κ2) is 12.1. The standard InChI is InChI=1S/C32H34O4S2/c1-7-9-21-13-17(3)25(19(5)29(21)33)15-27-23(31(35)37)11-12-24(32(36)38)28(27)16-26-18(4)14-22(10-8-2)30(34)20(26)6/h7-8,11-14,33-34H,1-2,9-10,15-16H2,3-6H3,(H,35,37)(H,36,38). The molecule has 0 aliphatic carbocycles. The van der Waals surface area contributed by atoms with E-state index in [1.54, 1.807) is 24.3 Å². The van der Waals surface area contributed by atoms with Crippen molar-refractivity contribution in [3.8, 4) is 11.5 Å². The maximum Gasteiger partial charge on any atom is 0.216 e. The molecule has 3 aromatic rings. The van der Waals surface area contributed by atoms with Crippen molar-refractivity contribution in [1.29, 1.82) is 0 Å². The summed E-state index contributed by atoms with van der Waals surface area (Å²) in [5.41, 5.74) is 8.73. The molecule has 0 bridgehead atoms. The fourth-order valence-corrected chi connectivity index (χ4v) is 5.63. The summed E-state index contributed by atoms with van der Waals surface area (Å²) in [6.07, 6.45) is 5.17. The number of allylic oxidation sites excluding steroid dienone is 2. The molecule has 0 saturated carbocycles. The fraction of sp³-hybridized carbons (Fsp3) is 0.250. The van der Waals surface area contributed by atoms with Crippen LogP contribution in [0.4, 0.5) is 0 Å². The Morgan fingerprint density at radius 1 is 0.711 bits per heavy atom. The number of thiol groups is 2. The maximum atomic E-state index is 12.7. The van der Waals surface area contributed by atoms with E-state index >= 15 is 0 Å². The predicted octanol–water partition coefficient (Wildman–Crippen LogP) is 7.11. The average Bonchev–Trinajstić information content (AvgIpc) is 2.86. The van der Waals surface area contributed by atoms with Crippen molar-refractivity contribution in [3.63, 3.8) is 0 Å². The SMILES string of the molecule is C=CCc1cc(C)c(Cc2c(C(=O)S)ccc(C(=O)S)c2Cc2c(C)cc(CC=C)c(O)c2C)c(C)c1O. The number of benzene rings is 3. The number of carbonyl (C=O) groups is 2. The van der Waals surface area contributed by atoms with Crippen LogP contribution in [0.1, 0.15) is 76.4 Å². The highest BCUT2D eigenvalue weighted by Crippen LogP contribution is 2.36. The van der Waals surface area contributed by atoms with Crippen molar-refractivity contribution in [2.75, 3.05) is 0 Å². The Labute approximate surface area is 235 Å². The van der Waals surface area contributed by atoms with Crippen LogP contribution in [0.25, 0.3) is 0 Å². The molecule has 3 aromatic carbocycles. The molecule has 0 aliphatic rings. The van der Waals surface area contributed by atoms with Crippen molar-refractivity contribution in [2.45, 2.75) is 53.4 Å². The molecule has 198 valence electrons. The first kappa shape index (κ1) is 29.3. The summed E-state index contributed by atoms with van der Waals surface area (Å²) < 4.78 is 0. The van der Waals surface area contributed by atoms with Gasteiger partial charge in [0.1, 0.15) is 11.5 Å². The summed E-state index contributed by atoms with van der Waals surface area (Å²) in [6, 6.07) is 7.08. The van der Waals surface area contributed by atoms with Gasteiger partial charge >= 0.3 is 0 Å². The Morgan fingerprint density at radius 3 is 1.34 bits per heavy atom. The molecule has 2 N–H and O–H groups in total. The Hall–Kier alpha value is -3.22. The van der Waals surface area contributed by atoms with E-state index in [-0.39, 0.29) is 11.5 Å². The van der Waals surface area contributed by atoms with Crippen LogP contribution < -0.4 is 0 Å². The predicted molar refractivity (Wildman–Crippen MR) is 162 cm³/mol. The number of rotatable bonds is 10. The number of carbonyl (C=O) groups excluding carboxylic acids is 2. The molecule has 6 heteroatoms. The highest BCUT2D eigenvalue weighted by Gasteiger charge is 2.24. The maximum absolute atomic E-state index is 12.7. The van der Waals surface area contributed by atoms with Gasteiger partial charge in [-0.15, -0.1) is 38.4 Å². The third kappa shape index (κ3) is 5.77. The van der Waals surface area contributed by atoms with Gasteiger partial charge in [-0.3, -0.25) is 9.59 Å². The molecule has 0 aromatic heterocycles. The van der Waals surface area contributed by atoms with Gasteiger partial charge in [0, 0.05) is 11.1 Å². The molecule has 4 nitrogen and oxygen atoms in total. The summed E-state index contributed by atoms with van der Waals surface area (Å²) in [5.74, 6) is 0.392. The number of hydrogen-bond donors (Lipinski definition) is 4. The molecular weight excluding hydrogens is 512 g/mol. The normalized spacial score (nSPS) is 10.9. The minimum Gasteiger partial charge on any atom is -0.507 e. The summed E-state index contributed by atoms with van der Waals surface area (Å²) in [6.45, 7) is 15.2. The van der Waals surface area contributed by atoms with E-state index < -0.39 is 10.2 Å². The lowest BCUT2D eigenvalue weighted by Gasteiger charge is -2.22. The first-order chi connectivity index (χ1) is 17.9. The number of phenols is 2. The third-order valence-corrected chi connectivity index (χ3v) is 7.77. The second-order valence-corrected chi connectivity index (χ2v) is 10.5. The van der Waals surface area contributed by atoms with Gasteiger partial charge in [0.05, 0.1) is 0 Å². The molecule has 0 atom stereocenters. The molecule has 0 amide bonds. The number of aromatic hydroxyl groups is 2. The quantitative estimate of drug-likeness (QED) is 0.161. The highest BCUT2D eigenvalue weighted by molar-refractivity contribution is 7.97. The topological polar surface area (TPSA) is 74.6 Å². The number of aryl methyl sites for hydroxylation is 2. The largest absolute Gasteiger partial charge is 0.507 e. The van der Waals surface area contributed by atoms with Gasteiger partial charge in [0.15, 0.2) is 0 Å². The summed E-state index contributed by atoms with van der Waals surface area (Å²) >= 11 is 8.28. The summed E-state index contributed by atoms with van der Waals surface area (Å²) in [5, 5.41) is 20.9. The van der Waals surface area contributed by atoms with Gasteiger partial charge in [-0.2, -0.15) is 0 Å². The van der Waals surface area contributed by atoms with Crippen LogP contribution >= 0.6 is 25.3 Å². The molecule has 38 heavy (non-hydrogen) atoms. The number of phenolic OH excluding ortho intramolecular Hbond substituents is 2. The van der Waals surface area contributed by atoms with Crippen molar-refractivity contribution in [3.05, 3.63) is 116 Å².